The molecular weight excluding hydrogens is 426 g/mol. The third-order valence-corrected chi connectivity index (χ3v) is 5.78. The number of carbonyl (C=O) groups is 1. The number of nitro benzene ring substituents is 1. The molecule has 1 amide bonds. The average Bonchev–Trinajstić information content (AvgIpc) is 3.15. The molecule has 1 atom stereocenters. The topological polar surface area (TPSA) is 77.2 Å². The summed E-state index contributed by atoms with van der Waals surface area (Å²) in [6.07, 6.45) is 2.29. The summed E-state index contributed by atoms with van der Waals surface area (Å²) in [4.78, 5) is 24.2. The van der Waals surface area contributed by atoms with E-state index in [9.17, 15) is 14.9 Å². The summed E-state index contributed by atoms with van der Waals surface area (Å²) in [6, 6.07) is 24.9. The Morgan fingerprint density at radius 3 is 2.26 bits per heavy atom. The van der Waals surface area contributed by atoms with Crippen LogP contribution in [0.3, 0.4) is 0 Å². The van der Waals surface area contributed by atoms with Gasteiger partial charge in [0, 0.05) is 53.7 Å². The van der Waals surface area contributed by atoms with Gasteiger partial charge in [0.05, 0.1) is 4.92 Å². The molecule has 0 aliphatic heterocycles. The standard InChI is InChI=1S/C28H29N3O3/c1-28(2,3)29-27(32)17-23(21-12-8-5-9-13-21)25-19-30(18-20-10-6-4-7-11-20)26-15-14-22(31(33)34)16-24(25)26/h4-16,19,23H,17-18H2,1-3H3,(H,29,32)/t23-/m1/s1. The zero-order valence-electron chi connectivity index (χ0n) is 19.7. The van der Waals surface area contributed by atoms with E-state index in [0.29, 0.717) is 6.54 Å². The SMILES string of the molecule is CC(C)(C)NC(=O)C[C@H](c1ccccc1)c1cn(Cc2ccccc2)c2ccc([N+](=O)[O-])cc12. The van der Waals surface area contributed by atoms with Crippen molar-refractivity contribution in [3.05, 3.63) is 112 Å². The highest BCUT2D eigenvalue weighted by Crippen LogP contribution is 2.36. The first-order chi connectivity index (χ1) is 16.2. The molecule has 0 spiro atoms. The lowest BCUT2D eigenvalue weighted by atomic mass is 9.87. The van der Waals surface area contributed by atoms with Crippen molar-refractivity contribution in [2.24, 2.45) is 0 Å². The molecule has 0 saturated carbocycles. The van der Waals surface area contributed by atoms with Gasteiger partial charge >= 0.3 is 0 Å². The van der Waals surface area contributed by atoms with Crippen LogP contribution in [0.2, 0.25) is 0 Å². The molecule has 1 heterocycles. The Hall–Kier alpha value is -3.93. The van der Waals surface area contributed by atoms with Crippen molar-refractivity contribution in [1.82, 2.24) is 9.88 Å². The number of aromatic nitrogens is 1. The second kappa shape index (κ2) is 9.51. The van der Waals surface area contributed by atoms with E-state index in [2.05, 4.69) is 22.0 Å². The number of nitrogens with zero attached hydrogens (tertiary/aromatic N) is 2. The Morgan fingerprint density at radius 2 is 1.65 bits per heavy atom. The number of carbonyl (C=O) groups excluding carboxylic acids is 1. The van der Waals surface area contributed by atoms with Gasteiger partial charge in [-0.3, -0.25) is 14.9 Å². The minimum absolute atomic E-state index is 0.0390. The van der Waals surface area contributed by atoms with Crippen LogP contribution in [-0.2, 0) is 11.3 Å². The van der Waals surface area contributed by atoms with E-state index >= 15 is 0 Å². The van der Waals surface area contributed by atoms with E-state index < -0.39 is 0 Å². The van der Waals surface area contributed by atoms with E-state index in [0.717, 1.165) is 27.6 Å². The fraction of sp³-hybridized carbons (Fsp3) is 0.250. The third-order valence-electron chi connectivity index (χ3n) is 5.78. The predicted molar refractivity (Wildman–Crippen MR) is 135 cm³/mol. The molecule has 0 bridgehead atoms. The molecule has 0 radical (unpaired) electrons. The minimum Gasteiger partial charge on any atom is -0.351 e. The number of fused-ring (bicyclic) bond motifs is 1. The first-order valence-corrected chi connectivity index (χ1v) is 11.4. The largest absolute Gasteiger partial charge is 0.351 e. The molecule has 6 heteroatoms. The molecule has 3 aromatic carbocycles. The quantitative estimate of drug-likeness (QED) is 0.273. The van der Waals surface area contributed by atoms with Crippen LogP contribution in [0.25, 0.3) is 10.9 Å². The van der Waals surface area contributed by atoms with Crippen LogP contribution in [0.1, 0.15) is 49.8 Å². The monoisotopic (exact) mass is 455 g/mol. The third kappa shape index (κ3) is 5.34. The molecule has 0 saturated heterocycles. The van der Waals surface area contributed by atoms with Crippen molar-refractivity contribution in [2.75, 3.05) is 0 Å². The van der Waals surface area contributed by atoms with E-state index in [1.807, 2.05) is 75.5 Å². The molecule has 0 fully saturated rings. The van der Waals surface area contributed by atoms with Crippen LogP contribution in [0.15, 0.2) is 85.1 Å². The molecule has 0 unspecified atom stereocenters. The van der Waals surface area contributed by atoms with Crippen molar-refractivity contribution in [3.63, 3.8) is 0 Å². The van der Waals surface area contributed by atoms with Crippen LogP contribution >= 0.6 is 0 Å². The highest BCUT2D eigenvalue weighted by Gasteiger charge is 2.25. The zero-order chi connectivity index (χ0) is 24.3. The fourth-order valence-corrected chi connectivity index (χ4v) is 4.36. The van der Waals surface area contributed by atoms with Crippen molar-refractivity contribution in [2.45, 2.75) is 45.2 Å². The predicted octanol–water partition coefficient (Wildman–Crippen LogP) is 6.03. The average molecular weight is 456 g/mol. The Morgan fingerprint density at radius 1 is 1.00 bits per heavy atom. The summed E-state index contributed by atoms with van der Waals surface area (Å²) in [6.45, 7) is 6.50. The Labute approximate surface area is 199 Å². The van der Waals surface area contributed by atoms with E-state index in [4.69, 9.17) is 0 Å². The molecular formula is C28H29N3O3. The van der Waals surface area contributed by atoms with Gasteiger partial charge in [0.2, 0.25) is 5.91 Å². The lowest BCUT2D eigenvalue weighted by Gasteiger charge is -2.23. The molecule has 34 heavy (non-hydrogen) atoms. The van der Waals surface area contributed by atoms with E-state index in [1.165, 1.54) is 6.07 Å². The summed E-state index contributed by atoms with van der Waals surface area (Å²) in [7, 11) is 0. The maximum Gasteiger partial charge on any atom is 0.270 e. The molecule has 4 aromatic rings. The normalized spacial score (nSPS) is 12.4. The number of hydrogen-bond acceptors (Lipinski definition) is 3. The smallest absolute Gasteiger partial charge is 0.270 e. The zero-order valence-corrected chi connectivity index (χ0v) is 19.7. The number of amides is 1. The van der Waals surface area contributed by atoms with Crippen molar-refractivity contribution < 1.29 is 9.72 Å². The highest BCUT2D eigenvalue weighted by molar-refractivity contribution is 5.88. The highest BCUT2D eigenvalue weighted by atomic mass is 16.6. The van der Waals surface area contributed by atoms with Gasteiger partial charge in [0.25, 0.3) is 5.69 Å². The van der Waals surface area contributed by atoms with Gasteiger partial charge in [-0.05, 0) is 43.5 Å². The molecule has 6 nitrogen and oxygen atoms in total. The van der Waals surface area contributed by atoms with Crippen LogP contribution in [0.5, 0.6) is 0 Å². The summed E-state index contributed by atoms with van der Waals surface area (Å²) in [5, 5.41) is 15.4. The molecule has 1 N–H and O–H groups in total. The van der Waals surface area contributed by atoms with E-state index in [-0.39, 0.29) is 34.4 Å². The molecule has 4 rings (SSSR count). The Kier molecular flexibility index (Phi) is 6.50. The first kappa shape index (κ1) is 23.2. The molecule has 174 valence electrons. The molecule has 0 aliphatic carbocycles. The summed E-state index contributed by atoms with van der Waals surface area (Å²) >= 11 is 0. The second-order valence-corrected chi connectivity index (χ2v) is 9.62. The minimum atomic E-state index is -0.373. The summed E-state index contributed by atoms with van der Waals surface area (Å²) < 4.78 is 2.11. The van der Waals surface area contributed by atoms with Crippen molar-refractivity contribution >= 4 is 22.5 Å². The van der Waals surface area contributed by atoms with Gasteiger partial charge in [0.15, 0.2) is 0 Å². The van der Waals surface area contributed by atoms with Gasteiger partial charge in [-0.1, -0.05) is 60.7 Å². The summed E-state index contributed by atoms with van der Waals surface area (Å²) in [5.74, 6) is -0.305. The molecule has 1 aromatic heterocycles. The molecule has 0 aliphatic rings. The lowest BCUT2D eigenvalue weighted by molar-refractivity contribution is -0.384. The lowest BCUT2D eigenvalue weighted by Crippen LogP contribution is -2.41. The number of benzene rings is 3. The van der Waals surface area contributed by atoms with E-state index in [1.54, 1.807) is 12.1 Å². The van der Waals surface area contributed by atoms with Crippen LogP contribution in [0.4, 0.5) is 5.69 Å². The first-order valence-electron chi connectivity index (χ1n) is 11.4. The number of nitrogens with one attached hydrogen (secondary N) is 1. The van der Waals surface area contributed by atoms with Gasteiger partial charge in [0.1, 0.15) is 0 Å². The van der Waals surface area contributed by atoms with Crippen LogP contribution in [0, 0.1) is 10.1 Å². The Balaban J connectivity index is 1.85. The number of rotatable bonds is 7. The number of non-ortho nitro benzene ring substituents is 1. The van der Waals surface area contributed by atoms with Crippen LogP contribution in [-0.4, -0.2) is 20.9 Å². The van der Waals surface area contributed by atoms with Gasteiger partial charge in [-0.25, -0.2) is 0 Å². The number of hydrogen-bond donors (Lipinski definition) is 1. The maximum atomic E-state index is 13.0. The van der Waals surface area contributed by atoms with Gasteiger partial charge in [-0.2, -0.15) is 0 Å². The van der Waals surface area contributed by atoms with Crippen LogP contribution < -0.4 is 5.32 Å². The Bertz CT molecular complexity index is 1310. The maximum absolute atomic E-state index is 13.0. The fourth-order valence-electron chi connectivity index (χ4n) is 4.36. The summed E-state index contributed by atoms with van der Waals surface area (Å²) in [5.41, 5.74) is 3.63. The number of nitro groups is 1. The van der Waals surface area contributed by atoms with Crippen molar-refractivity contribution in [3.8, 4) is 0 Å². The van der Waals surface area contributed by atoms with Gasteiger partial charge < -0.3 is 9.88 Å². The van der Waals surface area contributed by atoms with Crippen molar-refractivity contribution in [1.29, 1.82) is 0 Å². The second-order valence-electron chi connectivity index (χ2n) is 9.62. The van der Waals surface area contributed by atoms with Gasteiger partial charge in [-0.15, -0.1) is 0 Å².